The number of fused-ring (bicyclic) bond motifs is 1. The third-order valence-electron chi connectivity index (χ3n) is 4.83. The third-order valence-corrected chi connectivity index (χ3v) is 6.33. The lowest BCUT2D eigenvalue weighted by Gasteiger charge is -2.15. The number of imidazole rings is 1. The number of thioether (sulfide) groups is 1. The Morgan fingerprint density at radius 2 is 1.97 bits per heavy atom. The zero-order valence-corrected chi connectivity index (χ0v) is 19.6. The first-order valence-electron chi connectivity index (χ1n) is 9.85. The van der Waals surface area contributed by atoms with E-state index in [1.54, 1.807) is 29.4 Å². The van der Waals surface area contributed by atoms with E-state index in [0.29, 0.717) is 17.3 Å². The summed E-state index contributed by atoms with van der Waals surface area (Å²) in [7, 11) is 1.55. The van der Waals surface area contributed by atoms with Crippen molar-refractivity contribution in [3.05, 3.63) is 85.7 Å². The number of aryl methyl sites for hydroxylation is 1. The van der Waals surface area contributed by atoms with Gasteiger partial charge in [0.15, 0.2) is 11.2 Å². The van der Waals surface area contributed by atoms with Crippen molar-refractivity contribution in [3.8, 4) is 5.75 Å². The Hall–Kier alpha value is -2.82. The molecule has 0 spiro atoms. The van der Waals surface area contributed by atoms with Crippen LogP contribution in [0, 0.1) is 0 Å². The number of benzene rings is 2. The summed E-state index contributed by atoms with van der Waals surface area (Å²) in [6.45, 7) is 0.127. The fraction of sp³-hybridized carbons (Fsp3) is 0.227. The van der Waals surface area contributed by atoms with Gasteiger partial charge < -0.3 is 14.4 Å². The van der Waals surface area contributed by atoms with Gasteiger partial charge in [0.2, 0.25) is 0 Å². The van der Waals surface area contributed by atoms with Crippen LogP contribution >= 0.6 is 27.7 Å². The van der Waals surface area contributed by atoms with E-state index in [2.05, 4.69) is 25.9 Å². The number of halogens is 1. The molecule has 0 amide bonds. The minimum absolute atomic E-state index is 0.0328. The first-order valence-corrected chi connectivity index (χ1v) is 11.6. The second-order valence-corrected chi connectivity index (χ2v) is 9.12. The van der Waals surface area contributed by atoms with E-state index in [9.17, 15) is 14.7 Å². The normalized spacial score (nSPS) is 12.2. The van der Waals surface area contributed by atoms with Crippen molar-refractivity contribution in [2.75, 3.05) is 6.61 Å². The van der Waals surface area contributed by atoms with Crippen LogP contribution in [0.15, 0.2) is 73.6 Å². The van der Waals surface area contributed by atoms with Crippen LogP contribution in [0.1, 0.15) is 5.82 Å². The van der Waals surface area contributed by atoms with Crippen LogP contribution in [0.3, 0.4) is 0 Å². The van der Waals surface area contributed by atoms with E-state index < -0.39 is 17.4 Å². The number of hydrogen-bond donors (Lipinski definition) is 2. The van der Waals surface area contributed by atoms with Crippen LogP contribution in [0.25, 0.3) is 11.2 Å². The van der Waals surface area contributed by atoms with E-state index >= 15 is 0 Å². The second-order valence-electron chi connectivity index (χ2n) is 7.15. The van der Waals surface area contributed by atoms with E-state index in [0.717, 1.165) is 9.37 Å². The summed E-state index contributed by atoms with van der Waals surface area (Å²) in [5.41, 5.74) is -0.542. The number of H-pyrrole nitrogens is 1. The van der Waals surface area contributed by atoms with Gasteiger partial charge in [-0.05, 0) is 30.3 Å². The van der Waals surface area contributed by atoms with Crippen LogP contribution in [0.4, 0.5) is 0 Å². The largest absolute Gasteiger partial charge is 0.491 e. The molecule has 166 valence electrons. The maximum Gasteiger partial charge on any atom is 0.329 e. The average molecular weight is 517 g/mol. The minimum atomic E-state index is -0.900. The Morgan fingerprint density at radius 1 is 1.19 bits per heavy atom. The first-order chi connectivity index (χ1) is 15.4. The van der Waals surface area contributed by atoms with Gasteiger partial charge in [-0.25, -0.2) is 9.78 Å². The summed E-state index contributed by atoms with van der Waals surface area (Å²) in [6, 6.07) is 17.1. The Bertz CT molecular complexity index is 1350. The number of rotatable bonds is 8. The van der Waals surface area contributed by atoms with Gasteiger partial charge in [0, 0.05) is 16.4 Å². The number of nitrogens with one attached hydrogen (secondary N) is 1. The van der Waals surface area contributed by atoms with Crippen molar-refractivity contribution in [1.29, 1.82) is 0 Å². The molecule has 0 aliphatic heterocycles. The smallest absolute Gasteiger partial charge is 0.329 e. The topological polar surface area (TPSA) is 102 Å². The zero-order chi connectivity index (χ0) is 22.7. The molecule has 0 radical (unpaired) electrons. The fourth-order valence-electron chi connectivity index (χ4n) is 3.26. The number of hydrogen-bond acceptors (Lipinski definition) is 6. The second kappa shape index (κ2) is 9.76. The van der Waals surface area contributed by atoms with Gasteiger partial charge in [0.25, 0.3) is 5.56 Å². The van der Waals surface area contributed by atoms with Crippen LogP contribution in [-0.4, -0.2) is 36.9 Å². The molecule has 2 aromatic carbocycles. The quantitative estimate of drug-likeness (QED) is 0.349. The van der Waals surface area contributed by atoms with Gasteiger partial charge in [-0.3, -0.25) is 14.3 Å². The van der Waals surface area contributed by atoms with Gasteiger partial charge in [-0.1, -0.05) is 40.2 Å². The minimum Gasteiger partial charge on any atom is -0.491 e. The summed E-state index contributed by atoms with van der Waals surface area (Å²) in [5, 5.41) is 10.7. The lowest BCUT2D eigenvalue weighted by Crippen LogP contribution is -2.31. The summed E-state index contributed by atoms with van der Waals surface area (Å²) in [5.74, 6) is 1.67. The van der Waals surface area contributed by atoms with Crippen molar-refractivity contribution >= 4 is 38.9 Å². The molecule has 0 aliphatic rings. The van der Waals surface area contributed by atoms with Gasteiger partial charge in [0.05, 0.1) is 12.3 Å². The zero-order valence-electron chi connectivity index (χ0n) is 17.2. The van der Waals surface area contributed by atoms with Gasteiger partial charge >= 0.3 is 5.69 Å². The molecule has 0 saturated carbocycles. The molecule has 1 atom stereocenters. The van der Waals surface area contributed by atoms with E-state index in [1.807, 2.05) is 48.5 Å². The SMILES string of the molecule is Cn1c(=O)[nH]c(=O)c2c1nc(CSc1ccccc1)n2CC(O)COc1cccc(Br)c1. The standard InChI is InChI=1S/C22H21BrN4O4S/c1-26-20-19(21(29)25-22(26)30)27(18(24-20)13-32-17-8-3-2-4-9-17)11-15(28)12-31-16-7-5-6-14(23)10-16/h2-10,15,28H,11-13H2,1H3,(H,25,29,30). The highest BCUT2D eigenvalue weighted by Crippen LogP contribution is 2.24. The highest BCUT2D eigenvalue weighted by atomic mass is 79.9. The molecule has 8 nitrogen and oxygen atoms in total. The summed E-state index contributed by atoms with van der Waals surface area (Å²) >= 11 is 4.94. The predicted molar refractivity (Wildman–Crippen MR) is 127 cm³/mol. The molecule has 0 saturated heterocycles. The monoisotopic (exact) mass is 516 g/mol. The maximum absolute atomic E-state index is 12.6. The molecule has 2 heterocycles. The lowest BCUT2D eigenvalue weighted by atomic mass is 10.3. The molecule has 2 N–H and O–H groups in total. The molecule has 0 bridgehead atoms. The van der Waals surface area contributed by atoms with Crippen LogP contribution in [0.5, 0.6) is 5.75 Å². The Kier molecular flexibility index (Phi) is 6.83. The van der Waals surface area contributed by atoms with Crippen molar-refractivity contribution in [1.82, 2.24) is 19.1 Å². The molecule has 0 fully saturated rings. The van der Waals surface area contributed by atoms with Crippen molar-refractivity contribution < 1.29 is 9.84 Å². The number of aliphatic hydroxyl groups is 1. The number of aromatic amines is 1. The molecule has 0 aliphatic carbocycles. The molecule has 4 aromatic rings. The number of aliphatic hydroxyl groups excluding tert-OH is 1. The molecule has 10 heteroatoms. The van der Waals surface area contributed by atoms with Crippen LogP contribution in [0.2, 0.25) is 0 Å². The van der Waals surface area contributed by atoms with Crippen LogP contribution < -0.4 is 16.0 Å². The Labute approximate surface area is 196 Å². The van der Waals surface area contributed by atoms with Crippen LogP contribution in [-0.2, 0) is 19.3 Å². The third kappa shape index (κ3) is 4.98. The number of nitrogens with zero attached hydrogens (tertiary/aromatic N) is 3. The summed E-state index contributed by atoms with van der Waals surface area (Å²) in [6.07, 6.45) is -0.900. The van der Waals surface area contributed by atoms with Gasteiger partial charge in [-0.15, -0.1) is 11.8 Å². The van der Waals surface area contributed by atoms with Crippen molar-refractivity contribution in [3.63, 3.8) is 0 Å². The molecule has 2 aromatic heterocycles. The molecular formula is C22H21BrN4O4S. The number of ether oxygens (including phenoxy) is 1. The van der Waals surface area contributed by atoms with Gasteiger partial charge in [-0.2, -0.15) is 0 Å². The van der Waals surface area contributed by atoms with Crippen molar-refractivity contribution in [2.24, 2.45) is 7.05 Å². The molecule has 1 unspecified atom stereocenters. The lowest BCUT2D eigenvalue weighted by molar-refractivity contribution is 0.0928. The first kappa shape index (κ1) is 22.4. The van der Waals surface area contributed by atoms with E-state index in [4.69, 9.17) is 4.74 Å². The average Bonchev–Trinajstić information content (AvgIpc) is 3.14. The molecule has 32 heavy (non-hydrogen) atoms. The number of aromatic nitrogens is 4. The van der Waals surface area contributed by atoms with Crippen molar-refractivity contribution in [2.45, 2.75) is 23.3 Å². The molecule has 4 rings (SSSR count). The highest BCUT2D eigenvalue weighted by molar-refractivity contribution is 9.10. The van der Waals surface area contributed by atoms with E-state index in [-0.39, 0.29) is 24.3 Å². The summed E-state index contributed by atoms with van der Waals surface area (Å²) < 4.78 is 9.53. The Morgan fingerprint density at radius 3 is 2.72 bits per heavy atom. The van der Waals surface area contributed by atoms with E-state index in [1.165, 1.54) is 4.57 Å². The maximum atomic E-state index is 12.6. The summed E-state index contributed by atoms with van der Waals surface area (Å²) in [4.78, 5) is 32.6. The van der Waals surface area contributed by atoms with Gasteiger partial charge in [0.1, 0.15) is 24.3 Å². The predicted octanol–water partition coefficient (Wildman–Crippen LogP) is 2.92. The fourth-order valence-corrected chi connectivity index (χ4v) is 4.51. The Balaban J connectivity index is 1.62. The molecular weight excluding hydrogens is 496 g/mol. The highest BCUT2D eigenvalue weighted by Gasteiger charge is 2.20.